The van der Waals surface area contributed by atoms with Crippen molar-refractivity contribution in [3.8, 4) is 0 Å². The third-order valence-corrected chi connectivity index (χ3v) is 3.90. The van der Waals surface area contributed by atoms with Crippen LogP contribution in [-0.4, -0.2) is 23.1 Å². The van der Waals surface area contributed by atoms with Crippen molar-refractivity contribution in [3.63, 3.8) is 0 Å². The summed E-state index contributed by atoms with van der Waals surface area (Å²) in [6.45, 7) is 4.11. The van der Waals surface area contributed by atoms with Crippen molar-refractivity contribution in [2.75, 3.05) is 18.8 Å². The van der Waals surface area contributed by atoms with Crippen LogP contribution in [0.15, 0.2) is 29.2 Å². The molecule has 0 aliphatic heterocycles. The number of nitrogens with one attached hydrogen (secondary N) is 1. The van der Waals surface area contributed by atoms with Crippen LogP contribution in [0.3, 0.4) is 0 Å². The molecular weight excluding hydrogens is 242 g/mol. The van der Waals surface area contributed by atoms with Gasteiger partial charge in [-0.25, -0.2) is 0 Å². The highest BCUT2D eigenvalue weighted by Crippen LogP contribution is 2.13. The molecule has 0 saturated carbocycles. The van der Waals surface area contributed by atoms with Crippen LogP contribution in [0.25, 0.3) is 0 Å². The number of hydrogen-bond donors (Lipinski definition) is 1. The predicted octanol–water partition coefficient (Wildman–Crippen LogP) is 2.84. The molecule has 0 spiro atoms. The predicted molar refractivity (Wildman–Crippen MR) is 70.5 cm³/mol. The Morgan fingerprint density at radius 3 is 2.56 bits per heavy atom. The van der Waals surface area contributed by atoms with Gasteiger partial charge < -0.3 is 5.32 Å². The van der Waals surface area contributed by atoms with E-state index in [1.54, 1.807) is 12.1 Å². The molecule has 0 aromatic heterocycles. The van der Waals surface area contributed by atoms with Gasteiger partial charge in [-0.3, -0.25) is 4.21 Å². The lowest BCUT2D eigenvalue weighted by atomic mass is 10.4. The topological polar surface area (TPSA) is 29.1 Å². The molecule has 0 heterocycles. The zero-order valence-corrected chi connectivity index (χ0v) is 11.1. The van der Waals surface area contributed by atoms with E-state index < -0.39 is 10.8 Å². The Kier molecular flexibility index (Phi) is 6.69. The highest BCUT2D eigenvalue weighted by atomic mass is 35.5. The molecule has 90 valence electrons. The Bertz CT molecular complexity index is 326. The maximum Gasteiger partial charge on any atom is 0.0529 e. The second-order valence-corrected chi connectivity index (χ2v) is 5.61. The van der Waals surface area contributed by atoms with Crippen LogP contribution in [0.1, 0.15) is 19.8 Å². The molecule has 1 unspecified atom stereocenters. The normalized spacial score (nSPS) is 12.6. The first-order valence-corrected chi connectivity index (χ1v) is 7.28. The Labute approximate surface area is 105 Å². The van der Waals surface area contributed by atoms with E-state index in [9.17, 15) is 4.21 Å². The van der Waals surface area contributed by atoms with Crippen LogP contribution in [0.2, 0.25) is 5.02 Å². The van der Waals surface area contributed by atoms with Gasteiger partial charge in [0.15, 0.2) is 0 Å². The van der Waals surface area contributed by atoms with Gasteiger partial charge in [0.05, 0.1) is 10.8 Å². The van der Waals surface area contributed by atoms with Gasteiger partial charge in [-0.1, -0.05) is 18.5 Å². The van der Waals surface area contributed by atoms with E-state index in [2.05, 4.69) is 12.2 Å². The summed E-state index contributed by atoms with van der Waals surface area (Å²) in [7, 11) is -0.896. The van der Waals surface area contributed by atoms with Crippen LogP contribution in [0, 0.1) is 0 Å². The van der Waals surface area contributed by atoms with E-state index in [4.69, 9.17) is 11.6 Å². The summed E-state index contributed by atoms with van der Waals surface area (Å²) in [5.41, 5.74) is 0. The van der Waals surface area contributed by atoms with Gasteiger partial charge in [-0.05, 0) is 50.2 Å². The van der Waals surface area contributed by atoms with E-state index in [0.717, 1.165) is 30.8 Å². The quantitative estimate of drug-likeness (QED) is 0.763. The van der Waals surface area contributed by atoms with Gasteiger partial charge in [0.25, 0.3) is 0 Å². The van der Waals surface area contributed by atoms with Crippen LogP contribution in [0.5, 0.6) is 0 Å². The molecule has 1 aromatic carbocycles. The van der Waals surface area contributed by atoms with Crippen molar-refractivity contribution in [2.24, 2.45) is 0 Å². The second kappa shape index (κ2) is 7.82. The minimum Gasteiger partial charge on any atom is -0.317 e. The molecule has 16 heavy (non-hydrogen) atoms. The van der Waals surface area contributed by atoms with Crippen molar-refractivity contribution in [2.45, 2.75) is 24.7 Å². The molecule has 0 saturated heterocycles. The van der Waals surface area contributed by atoms with Gasteiger partial charge >= 0.3 is 0 Å². The first kappa shape index (κ1) is 13.7. The first-order chi connectivity index (χ1) is 7.74. The van der Waals surface area contributed by atoms with Crippen molar-refractivity contribution in [1.82, 2.24) is 5.32 Å². The second-order valence-electron chi connectivity index (χ2n) is 3.61. The molecule has 1 atom stereocenters. The maximum absolute atomic E-state index is 11.8. The van der Waals surface area contributed by atoms with Crippen molar-refractivity contribution in [1.29, 1.82) is 0 Å². The minimum absolute atomic E-state index is 0.686. The van der Waals surface area contributed by atoms with Crippen LogP contribution in [0.4, 0.5) is 0 Å². The largest absolute Gasteiger partial charge is 0.317 e. The summed E-state index contributed by atoms with van der Waals surface area (Å²) in [6, 6.07) is 7.23. The molecule has 1 N–H and O–H groups in total. The lowest BCUT2D eigenvalue weighted by Crippen LogP contribution is -2.17. The van der Waals surface area contributed by atoms with Gasteiger partial charge in [0.2, 0.25) is 0 Å². The average Bonchev–Trinajstić information content (AvgIpc) is 2.29. The lowest BCUT2D eigenvalue weighted by molar-refractivity contribution is 0.652. The summed E-state index contributed by atoms with van der Waals surface area (Å²) in [5, 5.41) is 3.98. The molecule has 4 heteroatoms. The fourth-order valence-corrected chi connectivity index (χ4v) is 2.54. The van der Waals surface area contributed by atoms with E-state index in [0.29, 0.717) is 10.8 Å². The molecule has 0 bridgehead atoms. The Balaban J connectivity index is 2.27. The molecule has 0 aliphatic carbocycles. The summed E-state index contributed by atoms with van der Waals surface area (Å²) < 4.78 is 11.8. The van der Waals surface area contributed by atoms with Gasteiger partial charge in [-0.15, -0.1) is 0 Å². The molecule has 1 rings (SSSR count). The third kappa shape index (κ3) is 5.10. The molecular formula is C12H18ClNOS. The fourth-order valence-electron chi connectivity index (χ4n) is 1.33. The number of halogens is 1. The molecule has 1 aromatic rings. The molecule has 0 radical (unpaired) electrons. The Hall–Kier alpha value is -0.380. The highest BCUT2D eigenvalue weighted by molar-refractivity contribution is 7.85. The standard InChI is InChI=1S/C12H18ClNOS/c1-2-8-14-9-3-10-16(15)12-6-4-11(13)5-7-12/h4-7,14H,2-3,8-10H2,1H3. The Morgan fingerprint density at radius 2 is 1.94 bits per heavy atom. The number of hydrogen-bond acceptors (Lipinski definition) is 2. The smallest absolute Gasteiger partial charge is 0.0529 e. The van der Waals surface area contributed by atoms with E-state index in [-0.39, 0.29) is 0 Å². The first-order valence-electron chi connectivity index (χ1n) is 5.58. The third-order valence-electron chi connectivity index (χ3n) is 2.19. The average molecular weight is 260 g/mol. The number of benzene rings is 1. The van der Waals surface area contributed by atoms with E-state index in [1.807, 2.05) is 12.1 Å². The van der Waals surface area contributed by atoms with Gasteiger partial charge in [0.1, 0.15) is 0 Å². The van der Waals surface area contributed by atoms with E-state index >= 15 is 0 Å². The number of rotatable bonds is 7. The van der Waals surface area contributed by atoms with Crippen molar-refractivity contribution in [3.05, 3.63) is 29.3 Å². The van der Waals surface area contributed by atoms with Crippen LogP contribution < -0.4 is 5.32 Å². The summed E-state index contributed by atoms with van der Waals surface area (Å²) in [5.74, 6) is 0.707. The molecule has 0 aliphatic rings. The summed E-state index contributed by atoms with van der Waals surface area (Å²) in [6.07, 6.45) is 2.08. The van der Waals surface area contributed by atoms with Crippen LogP contribution in [-0.2, 0) is 10.8 Å². The fraction of sp³-hybridized carbons (Fsp3) is 0.500. The zero-order valence-electron chi connectivity index (χ0n) is 9.54. The zero-order chi connectivity index (χ0) is 11.8. The van der Waals surface area contributed by atoms with Gasteiger partial charge in [-0.2, -0.15) is 0 Å². The van der Waals surface area contributed by atoms with Crippen molar-refractivity contribution < 1.29 is 4.21 Å². The van der Waals surface area contributed by atoms with Crippen molar-refractivity contribution >= 4 is 22.4 Å². The maximum atomic E-state index is 11.8. The molecule has 2 nitrogen and oxygen atoms in total. The Morgan fingerprint density at radius 1 is 1.25 bits per heavy atom. The highest BCUT2D eigenvalue weighted by Gasteiger charge is 2.02. The molecule has 0 fully saturated rings. The summed E-state index contributed by atoms with van der Waals surface area (Å²) in [4.78, 5) is 0.861. The summed E-state index contributed by atoms with van der Waals surface area (Å²) >= 11 is 5.77. The van der Waals surface area contributed by atoms with Crippen LogP contribution >= 0.6 is 11.6 Å². The van der Waals surface area contributed by atoms with Gasteiger partial charge in [0, 0.05) is 15.7 Å². The monoisotopic (exact) mass is 259 g/mol. The molecule has 0 amide bonds. The SMILES string of the molecule is CCCNCCCS(=O)c1ccc(Cl)cc1. The van der Waals surface area contributed by atoms with E-state index in [1.165, 1.54) is 0 Å². The minimum atomic E-state index is -0.896. The lowest BCUT2D eigenvalue weighted by Gasteiger charge is -2.03.